The van der Waals surface area contributed by atoms with Gasteiger partial charge in [-0.3, -0.25) is 0 Å². The minimum atomic E-state index is -1.31. The Balaban J connectivity index is 2.47. The SMILES string of the molecule is CC1(C)OB(c2cnc(F)c(F)c2C#N)OC1(C)C. The molecule has 19 heavy (non-hydrogen) atoms. The standard InChI is InChI=1S/C12H13BF2N2O2/c1-11(2)12(3,4)19-13(18-11)8-6-17-10(15)9(14)7(8)5-16/h6H,1-4H3. The molecule has 1 aromatic heterocycles. The summed E-state index contributed by atoms with van der Waals surface area (Å²) in [5, 5.41) is 8.95. The molecule has 1 fully saturated rings. The highest BCUT2D eigenvalue weighted by Gasteiger charge is 2.52. The normalized spacial score (nSPS) is 20.4. The Morgan fingerprint density at radius 2 is 1.74 bits per heavy atom. The van der Waals surface area contributed by atoms with Gasteiger partial charge in [-0.05, 0) is 27.7 Å². The second kappa shape index (κ2) is 4.25. The van der Waals surface area contributed by atoms with E-state index < -0.39 is 35.6 Å². The molecule has 0 radical (unpaired) electrons. The van der Waals surface area contributed by atoms with Crippen LogP contribution in [-0.4, -0.2) is 23.3 Å². The number of hydrogen-bond donors (Lipinski definition) is 0. The van der Waals surface area contributed by atoms with Gasteiger partial charge >= 0.3 is 7.12 Å². The molecule has 0 saturated carbocycles. The van der Waals surface area contributed by atoms with Crippen LogP contribution < -0.4 is 5.46 Å². The van der Waals surface area contributed by atoms with Crippen LogP contribution in [-0.2, 0) is 9.31 Å². The fourth-order valence-corrected chi connectivity index (χ4v) is 1.74. The highest BCUT2D eigenvalue weighted by atomic mass is 19.2. The van der Waals surface area contributed by atoms with E-state index in [1.165, 1.54) is 0 Å². The Labute approximate surface area is 110 Å². The third-order valence-electron chi connectivity index (χ3n) is 3.63. The van der Waals surface area contributed by atoms with Gasteiger partial charge in [-0.25, -0.2) is 9.37 Å². The Kier molecular flexibility index (Phi) is 3.11. The molecule has 2 rings (SSSR count). The molecule has 1 aromatic rings. The predicted molar refractivity (Wildman–Crippen MR) is 64.6 cm³/mol. The topological polar surface area (TPSA) is 55.1 Å². The first-order valence-electron chi connectivity index (χ1n) is 5.79. The van der Waals surface area contributed by atoms with Crippen LogP contribution in [0.4, 0.5) is 8.78 Å². The van der Waals surface area contributed by atoms with E-state index in [1.807, 2.05) is 27.7 Å². The number of halogens is 2. The van der Waals surface area contributed by atoms with Crippen molar-refractivity contribution in [2.45, 2.75) is 38.9 Å². The first kappa shape index (κ1) is 13.9. The Bertz CT molecular complexity index is 554. The zero-order valence-corrected chi connectivity index (χ0v) is 11.1. The molecule has 4 nitrogen and oxygen atoms in total. The average molecular weight is 266 g/mol. The lowest BCUT2D eigenvalue weighted by Crippen LogP contribution is -2.41. The predicted octanol–water partition coefficient (Wildman–Crippen LogP) is 1.53. The van der Waals surface area contributed by atoms with Crippen molar-refractivity contribution in [2.75, 3.05) is 0 Å². The van der Waals surface area contributed by atoms with Gasteiger partial charge in [-0.2, -0.15) is 9.65 Å². The van der Waals surface area contributed by atoms with E-state index in [2.05, 4.69) is 4.98 Å². The fraction of sp³-hybridized carbons (Fsp3) is 0.500. The van der Waals surface area contributed by atoms with Gasteiger partial charge in [0.15, 0.2) is 5.82 Å². The molecule has 0 bridgehead atoms. The first-order chi connectivity index (χ1) is 8.69. The molecular weight excluding hydrogens is 253 g/mol. The van der Waals surface area contributed by atoms with Gasteiger partial charge in [0.1, 0.15) is 6.07 Å². The summed E-state index contributed by atoms with van der Waals surface area (Å²) in [5.41, 5.74) is -1.60. The van der Waals surface area contributed by atoms with Crippen LogP contribution in [0.5, 0.6) is 0 Å². The van der Waals surface area contributed by atoms with Gasteiger partial charge in [0, 0.05) is 11.7 Å². The van der Waals surface area contributed by atoms with Gasteiger partial charge in [-0.15, -0.1) is 0 Å². The molecule has 0 amide bonds. The average Bonchev–Trinajstić information content (AvgIpc) is 2.51. The molecular formula is C12H13BF2N2O2. The maximum absolute atomic E-state index is 13.5. The lowest BCUT2D eigenvalue weighted by molar-refractivity contribution is 0.00578. The Hall–Kier alpha value is -1.52. The van der Waals surface area contributed by atoms with Gasteiger partial charge in [0.25, 0.3) is 0 Å². The molecule has 0 aromatic carbocycles. The van der Waals surface area contributed by atoms with Crippen molar-refractivity contribution in [3.05, 3.63) is 23.5 Å². The second-order valence-corrected chi connectivity index (χ2v) is 5.39. The van der Waals surface area contributed by atoms with Crippen molar-refractivity contribution in [1.29, 1.82) is 5.26 Å². The van der Waals surface area contributed by atoms with Crippen LogP contribution in [0, 0.1) is 23.1 Å². The molecule has 0 unspecified atom stereocenters. The molecule has 100 valence electrons. The Morgan fingerprint density at radius 1 is 1.21 bits per heavy atom. The van der Waals surface area contributed by atoms with Crippen molar-refractivity contribution in [2.24, 2.45) is 0 Å². The van der Waals surface area contributed by atoms with Crippen LogP contribution in [0.3, 0.4) is 0 Å². The van der Waals surface area contributed by atoms with Crippen LogP contribution in [0.15, 0.2) is 6.20 Å². The summed E-state index contributed by atoms with van der Waals surface area (Å²) in [4.78, 5) is 3.27. The monoisotopic (exact) mass is 266 g/mol. The van der Waals surface area contributed by atoms with Gasteiger partial charge in [0.05, 0.1) is 16.8 Å². The summed E-state index contributed by atoms with van der Waals surface area (Å²) in [6.07, 6.45) is 1.07. The van der Waals surface area contributed by atoms with Crippen molar-refractivity contribution < 1.29 is 18.1 Å². The summed E-state index contributed by atoms with van der Waals surface area (Å²) in [5.74, 6) is -2.59. The molecule has 0 aliphatic carbocycles. The van der Waals surface area contributed by atoms with E-state index in [1.54, 1.807) is 6.07 Å². The van der Waals surface area contributed by atoms with E-state index in [0.29, 0.717) is 0 Å². The zero-order chi connectivity index (χ0) is 14.4. The van der Waals surface area contributed by atoms with E-state index in [-0.39, 0.29) is 5.46 Å². The summed E-state index contributed by atoms with van der Waals surface area (Å²) in [6, 6.07) is 1.62. The number of nitriles is 1. The minimum Gasteiger partial charge on any atom is -0.399 e. The van der Waals surface area contributed by atoms with Crippen LogP contribution in [0.1, 0.15) is 33.3 Å². The molecule has 1 saturated heterocycles. The number of nitrogens with zero attached hydrogens (tertiary/aromatic N) is 2. The fourth-order valence-electron chi connectivity index (χ4n) is 1.74. The number of aromatic nitrogens is 1. The molecule has 0 spiro atoms. The molecule has 1 aliphatic heterocycles. The van der Waals surface area contributed by atoms with Crippen LogP contribution >= 0.6 is 0 Å². The summed E-state index contributed by atoms with van der Waals surface area (Å²) in [7, 11) is -0.942. The van der Waals surface area contributed by atoms with Crippen molar-refractivity contribution in [3.8, 4) is 6.07 Å². The Morgan fingerprint density at radius 3 is 2.21 bits per heavy atom. The van der Waals surface area contributed by atoms with Gasteiger partial charge < -0.3 is 9.31 Å². The summed E-state index contributed by atoms with van der Waals surface area (Å²) in [6.45, 7) is 7.30. The van der Waals surface area contributed by atoms with E-state index >= 15 is 0 Å². The van der Waals surface area contributed by atoms with Crippen molar-refractivity contribution >= 4 is 12.6 Å². The van der Waals surface area contributed by atoms with E-state index in [4.69, 9.17) is 14.6 Å². The molecule has 1 aliphatic rings. The van der Waals surface area contributed by atoms with E-state index in [9.17, 15) is 8.78 Å². The number of pyridine rings is 1. The highest BCUT2D eigenvalue weighted by Crippen LogP contribution is 2.36. The smallest absolute Gasteiger partial charge is 0.399 e. The maximum Gasteiger partial charge on any atom is 0.497 e. The van der Waals surface area contributed by atoms with Crippen LogP contribution in [0.25, 0.3) is 0 Å². The third-order valence-corrected chi connectivity index (χ3v) is 3.63. The quantitative estimate of drug-likeness (QED) is 0.571. The molecule has 0 atom stereocenters. The summed E-state index contributed by atoms with van der Waals surface area (Å²) >= 11 is 0. The van der Waals surface area contributed by atoms with Crippen LogP contribution in [0.2, 0.25) is 0 Å². The lowest BCUT2D eigenvalue weighted by Gasteiger charge is -2.32. The lowest BCUT2D eigenvalue weighted by atomic mass is 9.77. The minimum absolute atomic E-state index is 0.0973. The number of hydrogen-bond acceptors (Lipinski definition) is 4. The van der Waals surface area contributed by atoms with E-state index in [0.717, 1.165) is 6.20 Å². The van der Waals surface area contributed by atoms with Gasteiger partial charge in [-0.1, -0.05) is 0 Å². The van der Waals surface area contributed by atoms with Crippen molar-refractivity contribution in [1.82, 2.24) is 4.98 Å². The van der Waals surface area contributed by atoms with Crippen molar-refractivity contribution in [3.63, 3.8) is 0 Å². The molecule has 0 N–H and O–H groups in total. The summed E-state index contributed by atoms with van der Waals surface area (Å²) < 4.78 is 37.9. The molecule has 2 heterocycles. The number of rotatable bonds is 1. The first-order valence-corrected chi connectivity index (χ1v) is 5.79. The second-order valence-electron chi connectivity index (χ2n) is 5.39. The highest BCUT2D eigenvalue weighted by molar-refractivity contribution is 6.62. The maximum atomic E-state index is 13.5. The zero-order valence-electron chi connectivity index (χ0n) is 11.1. The largest absolute Gasteiger partial charge is 0.497 e. The molecule has 7 heteroatoms. The third kappa shape index (κ3) is 2.11. The van der Waals surface area contributed by atoms with Gasteiger partial charge in [0.2, 0.25) is 5.95 Å².